The number of thiazole rings is 1. The third-order valence-electron chi connectivity index (χ3n) is 4.07. The van der Waals surface area contributed by atoms with E-state index in [0.29, 0.717) is 0 Å². The van der Waals surface area contributed by atoms with Crippen LogP contribution >= 0.6 is 11.3 Å². The Bertz CT molecular complexity index is 461. The second-order valence-corrected chi connectivity index (χ2v) is 6.31. The van der Waals surface area contributed by atoms with Gasteiger partial charge in [-0.05, 0) is 12.8 Å². The molecule has 3 N–H and O–H groups in total. The van der Waals surface area contributed by atoms with E-state index in [4.69, 9.17) is 10.6 Å². The molecule has 0 radical (unpaired) electrons. The van der Waals surface area contributed by atoms with Crippen LogP contribution in [0.15, 0.2) is 11.6 Å². The number of rotatable bonds is 4. The van der Waals surface area contributed by atoms with Crippen LogP contribution in [-0.4, -0.2) is 60.7 Å². The number of hydrazine groups is 1. The number of aromatic nitrogens is 1. The summed E-state index contributed by atoms with van der Waals surface area (Å²) in [6, 6.07) is 0. The molecule has 1 aromatic rings. The van der Waals surface area contributed by atoms with Gasteiger partial charge in [-0.2, -0.15) is 0 Å². The number of nitrogens with zero attached hydrogens (tertiary/aromatic N) is 3. The Labute approximate surface area is 128 Å². The van der Waals surface area contributed by atoms with Crippen molar-refractivity contribution >= 4 is 22.4 Å². The van der Waals surface area contributed by atoms with Crippen LogP contribution in [0.25, 0.3) is 0 Å². The largest absolute Gasteiger partial charge is 0.364 e. The molecule has 0 aliphatic carbocycles. The molecule has 21 heavy (non-hydrogen) atoms. The lowest BCUT2D eigenvalue weighted by Crippen LogP contribution is -2.48. The summed E-state index contributed by atoms with van der Waals surface area (Å²) in [7, 11) is 0. The predicted molar refractivity (Wildman–Crippen MR) is 81.0 cm³/mol. The molecule has 2 atom stereocenters. The van der Waals surface area contributed by atoms with Gasteiger partial charge >= 0.3 is 0 Å². The van der Waals surface area contributed by atoms with E-state index < -0.39 is 0 Å². The van der Waals surface area contributed by atoms with Crippen molar-refractivity contribution < 1.29 is 9.53 Å². The van der Waals surface area contributed by atoms with Crippen molar-refractivity contribution in [3.05, 3.63) is 11.6 Å². The number of ether oxygens (including phenoxy) is 1. The van der Waals surface area contributed by atoms with Crippen molar-refractivity contribution in [1.82, 2.24) is 15.3 Å². The maximum atomic E-state index is 11.4. The Kier molecular flexibility index (Phi) is 4.69. The van der Waals surface area contributed by atoms with Crippen LogP contribution in [-0.2, 0) is 9.53 Å². The van der Waals surface area contributed by atoms with Crippen molar-refractivity contribution in [3.8, 4) is 0 Å². The van der Waals surface area contributed by atoms with Crippen molar-refractivity contribution in [2.75, 3.05) is 37.6 Å². The van der Waals surface area contributed by atoms with Crippen LogP contribution in [0.3, 0.4) is 0 Å². The first-order valence-corrected chi connectivity index (χ1v) is 8.17. The summed E-state index contributed by atoms with van der Waals surface area (Å²) in [5.41, 5.74) is 2.16. The van der Waals surface area contributed by atoms with Crippen molar-refractivity contribution in [3.63, 3.8) is 0 Å². The highest BCUT2D eigenvalue weighted by atomic mass is 32.1. The fourth-order valence-electron chi connectivity index (χ4n) is 2.91. The minimum Gasteiger partial charge on any atom is -0.364 e. The minimum absolute atomic E-state index is 0.138. The molecule has 0 bridgehead atoms. The molecule has 3 heterocycles. The molecule has 2 aliphatic heterocycles. The number of anilines is 1. The van der Waals surface area contributed by atoms with E-state index in [2.05, 4.69) is 20.2 Å². The third kappa shape index (κ3) is 3.52. The fourth-order valence-corrected chi connectivity index (χ4v) is 3.60. The second kappa shape index (κ2) is 6.69. The molecule has 2 unspecified atom stereocenters. The van der Waals surface area contributed by atoms with E-state index in [1.54, 1.807) is 11.3 Å². The first-order chi connectivity index (χ1) is 10.3. The smallest absolute Gasteiger partial charge is 0.263 e. The van der Waals surface area contributed by atoms with Gasteiger partial charge in [0.1, 0.15) is 6.10 Å². The van der Waals surface area contributed by atoms with Gasteiger partial charge in [0.2, 0.25) is 0 Å². The van der Waals surface area contributed by atoms with Crippen LogP contribution in [0.2, 0.25) is 0 Å². The molecule has 2 aliphatic rings. The quantitative estimate of drug-likeness (QED) is 0.455. The number of carbonyl (C=O) groups excluding carboxylic acids is 1. The molecule has 116 valence electrons. The Morgan fingerprint density at radius 2 is 2.24 bits per heavy atom. The molecule has 1 aromatic heterocycles. The minimum atomic E-state index is -0.378. The highest BCUT2D eigenvalue weighted by Gasteiger charge is 2.32. The lowest BCUT2D eigenvalue weighted by molar-refractivity contribution is -0.132. The summed E-state index contributed by atoms with van der Waals surface area (Å²) >= 11 is 1.68. The highest BCUT2D eigenvalue weighted by Crippen LogP contribution is 2.22. The molecule has 3 rings (SSSR count). The van der Waals surface area contributed by atoms with Crippen molar-refractivity contribution in [1.29, 1.82) is 0 Å². The highest BCUT2D eigenvalue weighted by molar-refractivity contribution is 7.13. The molecular weight excluding hydrogens is 290 g/mol. The number of nitrogens with one attached hydrogen (secondary N) is 1. The first-order valence-electron chi connectivity index (χ1n) is 7.29. The molecule has 2 saturated heterocycles. The van der Waals surface area contributed by atoms with E-state index in [0.717, 1.165) is 50.7 Å². The normalized spacial score (nSPS) is 27.0. The topological polar surface area (TPSA) is 83.7 Å². The summed E-state index contributed by atoms with van der Waals surface area (Å²) in [5, 5.41) is 3.11. The second-order valence-electron chi connectivity index (χ2n) is 5.44. The van der Waals surface area contributed by atoms with Crippen LogP contribution < -0.4 is 16.2 Å². The zero-order valence-electron chi connectivity index (χ0n) is 11.9. The van der Waals surface area contributed by atoms with Gasteiger partial charge in [-0.15, -0.1) is 11.3 Å². The van der Waals surface area contributed by atoms with Gasteiger partial charge in [0.05, 0.1) is 6.10 Å². The number of hydrogen-bond acceptors (Lipinski definition) is 7. The monoisotopic (exact) mass is 311 g/mol. The van der Waals surface area contributed by atoms with E-state index in [9.17, 15) is 4.79 Å². The van der Waals surface area contributed by atoms with Gasteiger partial charge in [0.25, 0.3) is 5.91 Å². The first kappa shape index (κ1) is 14.7. The maximum absolute atomic E-state index is 11.4. The summed E-state index contributed by atoms with van der Waals surface area (Å²) in [5.74, 6) is 4.93. The van der Waals surface area contributed by atoms with Crippen LogP contribution in [0.5, 0.6) is 0 Å². The Hall–Kier alpha value is -1.22. The molecule has 0 aromatic carbocycles. The molecule has 7 nitrogen and oxygen atoms in total. The van der Waals surface area contributed by atoms with Crippen molar-refractivity contribution in [2.45, 2.75) is 25.0 Å². The lowest BCUT2D eigenvalue weighted by Gasteiger charge is -2.35. The van der Waals surface area contributed by atoms with Crippen LogP contribution in [0.4, 0.5) is 5.13 Å². The zero-order valence-corrected chi connectivity index (χ0v) is 12.7. The molecule has 1 amide bonds. The Morgan fingerprint density at radius 3 is 2.90 bits per heavy atom. The number of amides is 1. The number of piperazine rings is 1. The van der Waals surface area contributed by atoms with Crippen molar-refractivity contribution in [2.24, 2.45) is 5.84 Å². The Balaban J connectivity index is 1.43. The molecule has 8 heteroatoms. The van der Waals surface area contributed by atoms with Crippen LogP contribution in [0.1, 0.15) is 12.8 Å². The van der Waals surface area contributed by atoms with E-state index in [1.807, 2.05) is 11.6 Å². The number of hydrogen-bond donors (Lipinski definition) is 2. The van der Waals surface area contributed by atoms with E-state index >= 15 is 0 Å². The Morgan fingerprint density at radius 1 is 1.43 bits per heavy atom. The van der Waals surface area contributed by atoms with E-state index in [1.165, 1.54) is 0 Å². The summed E-state index contributed by atoms with van der Waals surface area (Å²) < 4.78 is 5.76. The standard InChI is InChI=1S/C13H21N5O2S/c14-16-12(19)11-2-1-10(20-11)9-17-4-6-18(7-5-17)13-15-3-8-21-13/h3,8,10-11H,1-2,4-7,9,14H2,(H,16,19). The predicted octanol–water partition coefficient (Wildman–Crippen LogP) is -0.197. The average molecular weight is 311 g/mol. The van der Waals surface area contributed by atoms with Gasteiger partial charge in [-0.1, -0.05) is 0 Å². The van der Waals surface area contributed by atoms with Gasteiger partial charge in [-0.3, -0.25) is 15.1 Å². The molecule has 0 spiro atoms. The van der Waals surface area contributed by atoms with E-state index in [-0.39, 0.29) is 18.1 Å². The zero-order chi connectivity index (χ0) is 14.7. The van der Waals surface area contributed by atoms with Gasteiger partial charge in [0, 0.05) is 44.3 Å². The van der Waals surface area contributed by atoms with Gasteiger partial charge < -0.3 is 9.64 Å². The molecular formula is C13H21N5O2S. The SMILES string of the molecule is NNC(=O)C1CCC(CN2CCN(c3nccs3)CC2)O1. The number of carbonyl (C=O) groups is 1. The average Bonchev–Trinajstić information content (AvgIpc) is 3.18. The summed E-state index contributed by atoms with van der Waals surface area (Å²) in [6.45, 7) is 4.89. The number of nitrogens with two attached hydrogens (primary N) is 1. The van der Waals surface area contributed by atoms with Gasteiger partial charge in [0.15, 0.2) is 5.13 Å². The molecule has 0 saturated carbocycles. The molecule has 2 fully saturated rings. The summed E-state index contributed by atoms with van der Waals surface area (Å²) in [4.78, 5) is 20.5. The third-order valence-corrected chi connectivity index (χ3v) is 4.90. The van der Waals surface area contributed by atoms with Crippen LogP contribution in [0, 0.1) is 0 Å². The lowest BCUT2D eigenvalue weighted by atomic mass is 10.1. The van der Waals surface area contributed by atoms with Gasteiger partial charge in [-0.25, -0.2) is 10.8 Å². The fraction of sp³-hybridized carbons (Fsp3) is 0.692. The summed E-state index contributed by atoms with van der Waals surface area (Å²) in [6.07, 6.45) is 3.29. The maximum Gasteiger partial charge on any atom is 0.263 e.